The number of nitrogens with zero attached hydrogens (tertiary/aromatic N) is 2. The number of para-hydroxylation sites is 1. The smallest absolute Gasteiger partial charge is 0.241 e. The van der Waals surface area contributed by atoms with Crippen molar-refractivity contribution < 1.29 is 9.59 Å². The lowest BCUT2D eigenvalue weighted by molar-refractivity contribution is -0.121. The van der Waals surface area contributed by atoms with Gasteiger partial charge in [-0.15, -0.1) is 0 Å². The molecule has 1 fully saturated rings. The van der Waals surface area contributed by atoms with Gasteiger partial charge in [0.15, 0.2) is 0 Å². The summed E-state index contributed by atoms with van der Waals surface area (Å²) in [5.41, 5.74) is 2.31. The van der Waals surface area contributed by atoms with E-state index in [2.05, 4.69) is 17.9 Å². The van der Waals surface area contributed by atoms with Gasteiger partial charge in [0, 0.05) is 24.2 Å². The molecule has 1 aromatic rings. The van der Waals surface area contributed by atoms with Crippen LogP contribution in [-0.4, -0.2) is 42.8 Å². The molecule has 2 heterocycles. The number of amides is 1. The Morgan fingerprint density at radius 2 is 2.19 bits per heavy atom. The van der Waals surface area contributed by atoms with Gasteiger partial charge in [-0.25, -0.2) is 0 Å². The highest BCUT2D eigenvalue weighted by Crippen LogP contribution is 2.32. The predicted octanol–water partition coefficient (Wildman–Crippen LogP) is 1.88. The molecule has 1 aromatic carbocycles. The Balaban J connectivity index is 1.69. The van der Waals surface area contributed by atoms with Gasteiger partial charge in [0.1, 0.15) is 6.29 Å². The number of piperidine rings is 1. The topological polar surface area (TPSA) is 40.6 Å². The maximum Gasteiger partial charge on any atom is 0.241 e. The Morgan fingerprint density at radius 3 is 3.00 bits per heavy atom. The summed E-state index contributed by atoms with van der Waals surface area (Å²) in [4.78, 5) is 27.7. The second-order valence-electron chi connectivity index (χ2n) is 6.22. The second-order valence-corrected chi connectivity index (χ2v) is 6.22. The molecule has 21 heavy (non-hydrogen) atoms. The van der Waals surface area contributed by atoms with E-state index in [1.165, 1.54) is 5.56 Å². The maximum absolute atomic E-state index is 12.7. The molecular weight excluding hydrogens is 264 g/mol. The van der Waals surface area contributed by atoms with Crippen molar-refractivity contribution in [1.29, 1.82) is 0 Å². The van der Waals surface area contributed by atoms with Crippen molar-refractivity contribution in [3.05, 3.63) is 29.8 Å². The molecule has 2 aliphatic heterocycles. The molecule has 4 heteroatoms. The minimum absolute atomic E-state index is 0.0924. The van der Waals surface area contributed by atoms with Crippen LogP contribution in [0, 0.1) is 5.92 Å². The van der Waals surface area contributed by atoms with E-state index < -0.39 is 0 Å². The largest absolute Gasteiger partial charge is 0.308 e. The summed E-state index contributed by atoms with van der Waals surface area (Å²) in [6.45, 7) is 4.16. The third-order valence-corrected chi connectivity index (χ3v) is 4.57. The van der Waals surface area contributed by atoms with Crippen LogP contribution >= 0.6 is 0 Å². The van der Waals surface area contributed by atoms with Crippen molar-refractivity contribution in [2.75, 3.05) is 24.5 Å². The van der Waals surface area contributed by atoms with Crippen LogP contribution in [0.1, 0.15) is 25.3 Å². The fraction of sp³-hybridized carbons (Fsp3) is 0.529. The Labute approximate surface area is 125 Å². The molecule has 0 spiro atoms. The lowest BCUT2D eigenvalue weighted by Gasteiger charge is -2.32. The summed E-state index contributed by atoms with van der Waals surface area (Å²) >= 11 is 0. The van der Waals surface area contributed by atoms with Gasteiger partial charge in [-0.2, -0.15) is 0 Å². The van der Waals surface area contributed by atoms with Crippen molar-refractivity contribution in [1.82, 2.24) is 4.90 Å². The summed E-state index contributed by atoms with van der Waals surface area (Å²) in [6, 6.07) is 8.37. The number of hydrogen-bond acceptors (Lipinski definition) is 3. The van der Waals surface area contributed by atoms with Crippen LogP contribution in [0.4, 0.5) is 5.69 Å². The molecule has 112 valence electrons. The Kier molecular flexibility index (Phi) is 4.06. The molecule has 2 atom stereocenters. The Hall–Kier alpha value is -1.68. The van der Waals surface area contributed by atoms with Crippen LogP contribution in [0.25, 0.3) is 0 Å². The molecule has 0 aliphatic carbocycles. The second kappa shape index (κ2) is 5.98. The van der Waals surface area contributed by atoms with Gasteiger partial charge in [-0.3, -0.25) is 9.69 Å². The number of rotatable bonds is 3. The minimum atomic E-state index is 0.0924. The van der Waals surface area contributed by atoms with Crippen molar-refractivity contribution >= 4 is 17.9 Å². The van der Waals surface area contributed by atoms with E-state index in [1.807, 2.05) is 23.1 Å². The molecule has 1 amide bonds. The van der Waals surface area contributed by atoms with E-state index >= 15 is 0 Å². The zero-order valence-corrected chi connectivity index (χ0v) is 12.5. The first-order chi connectivity index (χ1) is 10.2. The van der Waals surface area contributed by atoms with E-state index in [4.69, 9.17) is 0 Å². The van der Waals surface area contributed by atoms with E-state index in [9.17, 15) is 9.59 Å². The number of likely N-dealkylation sites (tertiary alicyclic amines) is 1. The van der Waals surface area contributed by atoms with E-state index in [0.717, 1.165) is 44.3 Å². The third-order valence-electron chi connectivity index (χ3n) is 4.57. The number of hydrogen-bond donors (Lipinski definition) is 0. The molecule has 4 nitrogen and oxygen atoms in total. The summed E-state index contributed by atoms with van der Waals surface area (Å²) in [5, 5.41) is 0. The highest BCUT2D eigenvalue weighted by molar-refractivity contribution is 5.97. The van der Waals surface area contributed by atoms with E-state index in [1.54, 1.807) is 0 Å². The number of benzene rings is 1. The first-order valence-electron chi connectivity index (χ1n) is 7.76. The summed E-state index contributed by atoms with van der Waals surface area (Å²) in [7, 11) is 0. The zero-order chi connectivity index (χ0) is 14.8. The van der Waals surface area contributed by atoms with Gasteiger partial charge in [0.2, 0.25) is 5.91 Å². The number of aldehydes is 1. The SMILES string of the molecule is CC1Cc2ccccc2N1C(=O)CN1CCCC(C=O)C1. The normalized spacial score (nSPS) is 25.7. The molecular formula is C17H22N2O2. The molecule has 2 aliphatic rings. The predicted molar refractivity (Wildman–Crippen MR) is 82.3 cm³/mol. The average Bonchev–Trinajstić information content (AvgIpc) is 2.83. The average molecular weight is 286 g/mol. The first kappa shape index (κ1) is 14.3. The van der Waals surface area contributed by atoms with E-state index in [0.29, 0.717) is 6.54 Å². The van der Waals surface area contributed by atoms with Gasteiger partial charge in [0.25, 0.3) is 0 Å². The number of fused-ring (bicyclic) bond motifs is 1. The van der Waals surface area contributed by atoms with Gasteiger partial charge >= 0.3 is 0 Å². The van der Waals surface area contributed by atoms with Crippen molar-refractivity contribution in [3.63, 3.8) is 0 Å². The van der Waals surface area contributed by atoms with Crippen molar-refractivity contribution in [2.45, 2.75) is 32.2 Å². The third kappa shape index (κ3) is 2.86. The molecule has 0 radical (unpaired) electrons. The van der Waals surface area contributed by atoms with Crippen LogP contribution < -0.4 is 4.90 Å². The molecule has 1 saturated heterocycles. The standard InChI is InChI=1S/C17H22N2O2/c1-13-9-15-6-2-3-7-16(15)19(13)17(21)11-18-8-4-5-14(10-18)12-20/h2-3,6-7,12-14H,4-5,8-11H2,1H3. The molecule has 0 aromatic heterocycles. The molecule has 0 N–H and O–H groups in total. The fourth-order valence-electron chi connectivity index (χ4n) is 3.56. The van der Waals surface area contributed by atoms with Crippen LogP contribution in [0.5, 0.6) is 0 Å². The highest BCUT2D eigenvalue weighted by atomic mass is 16.2. The monoisotopic (exact) mass is 286 g/mol. The van der Waals surface area contributed by atoms with Crippen LogP contribution in [-0.2, 0) is 16.0 Å². The molecule has 0 bridgehead atoms. The fourth-order valence-corrected chi connectivity index (χ4v) is 3.56. The van der Waals surface area contributed by atoms with Gasteiger partial charge < -0.3 is 9.69 Å². The summed E-state index contributed by atoms with van der Waals surface area (Å²) < 4.78 is 0. The van der Waals surface area contributed by atoms with Crippen LogP contribution in [0.3, 0.4) is 0 Å². The van der Waals surface area contributed by atoms with Crippen LogP contribution in [0.15, 0.2) is 24.3 Å². The Bertz CT molecular complexity index is 543. The van der Waals surface area contributed by atoms with Crippen molar-refractivity contribution in [3.8, 4) is 0 Å². The summed E-state index contributed by atoms with van der Waals surface area (Å²) in [5.74, 6) is 0.244. The number of carbonyl (C=O) groups is 2. The van der Waals surface area contributed by atoms with Crippen LogP contribution in [0.2, 0.25) is 0 Å². The maximum atomic E-state index is 12.7. The number of anilines is 1. The lowest BCUT2D eigenvalue weighted by atomic mass is 10.00. The highest BCUT2D eigenvalue weighted by Gasteiger charge is 2.32. The number of carbonyl (C=O) groups excluding carboxylic acids is 2. The molecule has 0 saturated carbocycles. The first-order valence-corrected chi connectivity index (χ1v) is 7.76. The lowest BCUT2D eigenvalue weighted by Crippen LogP contribution is -2.46. The minimum Gasteiger partial charge on any atom is -0.308 e. The molecule has 2 unspecified atom stereocenters. The van der Waals surface area contributed by atoms with Gasteiger partial charge in [-0.1, -0.05) is 18.2 Å². The van der Waals surface area contributed by atoms with Crippen molar-refractivity contribution in [2.24, 2.45) is 5.92 Å². The van der Waals surface area contributed by atoms with E-state index in [-0.39, 0.29) is 17.9 Å². The van der Waals surface area contributed by atoms with Gasteiger partial charge in [-0.05, 0) is 44.4 Å². The quantitative estimate of drug-likeness (QED) is 0.797. The van der Waals surface area contributed by atoms with Gasteiger partial charge in [0.05, 0.1) is 6.54 Å². The zero-order valence-electron chi connectivity index (χ0n) is 12.5. The Morgan fingerprint density at radius 1 is 1.38 bits per heavy atom. The molecule has 3 rings (SSSR count). The summed E-state index contributed by atoms with van der Waals surface area (Å²) in [6.07, 6.45) is 3.92.